The van der Waals surface area contributed by atoms with E-state index in [1.54, 1.807) is 0 Å². The number of carbonyl (C=O) groups excluding carboxylic acids is 2. The van der Waals surface area contributed by atoms with E-state index in [2.05, 4.69) is 35.3 Å². The van der Waals surface area contributed by atoms with Gasteiger partial charge in [0.2, 0.25) is 5.91 Å². The van der Waals surface area contributed by atoms with E-state index in [1.165, 1.54) is 43.2 Å². The molecule has 2 amide bonds. The number of ether oxygens (including phenoxy) is 1. The van der Waals surface area contributed by atoms with Crippen LogP contribution in [0.2, 0.25) is 0 Å². The highest BCUT2D eigenvalue weighted by Crippen LogP contribution is 2.34. The van der Waals surface area contributed by atoms with Gasteiger partial charge in [0.25, 0.3) is 0 Å². The van der Waals surface area contributed by atoms with Crippen molar-refractivity contribution >= 4 is 23.4 Å². The maximum absolute atomic E-state index is 12.7. The van der Waals surface area contributed by atoms with E-state index in [0.717, 1.165) is 42.9 Å². The Morgan fingerprint density at radius 1 is 1.00 bits per heavy atom. The second-order valence-corrected chi connectivity index (χ2v) is 10.1. The Labute approximate surface area is 202 Å². The molecule has 1 saturated carbocycles. The number of carbonyl (C=O) groups is 2. The molecule has 0 unspecified atom stereocenters. The Hall–Kier alpha value is -2.86. The quantitative estimate of drug-likeness (QED) is 0.629. The number of anilines is 2. The first kappa shape index (κ1) is 22.9. The van der Waals surface area contributed by atoms with Gasteiger partial charge in [-0.2, -0.15) is 0 Å². The van der Waals surface area contributed by atoms with Crippen LogP contribution in [0, 0.1) is 6.92 Å². The second kappa shape index (κ2) is 10.2. The lowest BCUT2D eigenvalue weighted by Crippen LogP contribution is -2.50. The third-order valence-corrected chi connectivity index (χ3v) is 7.60. The van der Waals surface area contributed by atoms with Crippen molar-refractivity contribution in [3.63, 3.8) is 0 Å². The molecule has 6 nitrogen and oxygen atoms in total. The number of piperidine rings is 1. The van der Waals surface area contributed by atoms with Crippen molar-refractivity contribution in [2.24, 2.45) is 0 Å². The molecule has 2 fully saturated rings. The summed E-state index contributed by atoms with van der Waals surface area (Å²) in [5.74, 6) is 0.690. The number of nitrogens with one attached hydrogen (secondary N) is 1. The number of amides is 2. The molecule has 0 bridgehead atoms. The van der Waals surface area contributed by atoms with E-state index in [4.69, 9.17) is 4.74 Å². The van der Waals surface area contributed by atoms with E-state index in [9.17, 15) is 9.59 Å². The number of nitrogens with zero attached hydrogens (tertiary/aromatic N) is 2. The SMILES string of the molecule is Cc1ccc2c(c1)COC(=O)N2C1CCN(CC(=O)Nc2ccc(C3CCCCC3)cc2)CC1. The van der Waals surface area contributed by atoms with E-state index < -0.39 is 0 Å². The Morgan fingerprint density at radius 2 is 1.74 bits per heavy atom. The molecule has 2 aromatic rings. The zero-order valence-electron chi connectivity index (χ0n) is 20.1. The maximum Gasteiger partial charge on any atom is 0.414 e. The Bertz CT molecular complexity index is 1020. The molecule has 0 radical (unpaired) electrons. The minimum atomic E-state index is -0.260. The highest BCUT2D eigenvalue weighted by Gasteiger charge is 2.34. The zero-order chi connectivity index (χ0) is 23.5. The predicted molar refractivity (Wildman–Crippen MR) is 134 cm³/mol. The largest absolute Gasteiger partial charge is 0.444 e. The predicted octanol–water partition coefficient (Wildman–Crippen LogP) is 5.60. The third-order valence-electron chi connectivity index (χ3n) is 7.60. The molecule has 2 aromatic carbocycles. The highest BCUT2D eigenvalue weighted by atomic mass is 16.6. The van der Waals surface area contributed by atoms with Gasteiger partial charge in [0.05, 0.1) is 12.2 Å². The van der Waals surface area contributed by atoms with Gasteiger partial charge in [-0.05, 0) is 62.3 Å². The molecule has 1 saturated heterocycles. The average molecular weight is 462 g/mol. The molecule has 3 aliphatic rings. The number of benzene rings is 2. The fraction of sp³-hybridized carbons (Fsp3) is 0.500. The summed E-state index contributed by atoms with van der Waals surface area (Å²) in [7, 11) is 0. The van der Waals surface area contributed by atoms with Gasteiger partial charge in [-0.25, -0.2) is 4.79 Å². The zero-order valence-corrected chi connectivity index (χ0v) is 20.1. The first-order valence-corrected chi connectivity index (χ1v) is 12.7. The number of likely N-dealkylation sites (tertiary alicyclic amines) is 1. The molecule has 0 atom stereocenters. The molecule has 180 valence electrons. The number of hydrogen-bond acceptors (Lipinski definition) is 4. The van der Waals surface area contributed by atoms with Crippen LogP contribution < -0.4 is 10.2 Å². The molecular formula is C28H35N3O3. The van der Waals surface area contributed by atoms with Crippen molar-refractivity contribution in [3.05, 3.63) is 59.2 Å². The van der Waals surface area contributed by atoms with Crippen molar-refractivity contribution < 1.29 is 14.3 Å². The van der Waals surface area contributed by atoms with Crippen molar-refractivity contribution in [2.75, 3.05) is 29.9 Å². The van der Waals surface area contributed by atoms with Crippen molar-refractivity contribution in [1.29, 1.82) is 0 Å². The maximum atomic E-state index is 12.7. The lowest BCUT2D eigenvalue weighted by atomic mass is 9.84. The molecule has 2 heterocycles. The van der Waals surface area contributed by atoms with Crippen LogP contribution in [0.5, 0.6) is 0 Å². The topological polar surface area (TPSA) is 61.9 Å². The van der Waals surface area contributed by atoms with Crippen LogP contribution in [0.15, 0.2) is 42.5 Å². The highest BCUT2D eigenvalue weighted by molar-refractivity contribution is 5.92. The van der Waals surface area contributed by atoms with Crippen LogP contribution in [0.25, 0.3) is 0 Å². The van der Waals surface area contributed by atoms with Crippen molar-refractivity contribution in [2.45, 2.75) is 70.4 Å². The summed E-state index contributed by atoms with van der Waals surface area (Å²) in [5.41, 5.74) is 5.46. The number of aryl methyl sites for hydroxylation is 1. The van der Waals surface area contributed by atoms with E-state index in [-0.39, 0.29) is 18.0 Å². The molecule has 34 heavy (non-hydrogen) atoms. The number of hydrogen-bond donors (Lipinski definition) is 1. The van der Waals surface area contributed by atoms with Gasteiger partial charge < -0.3 is 10.1 Å². The van der Waals surface area contributed by atoms with Gasteiger partial charge >= 0.3 is 6.09 Å². The summed E-state index contributed by atoms with van der Waals surface area (Å²) < 4.78 is 5.44. The Morgan fingerprint density at radius 3 is 2.47 bits per heavy atom. The third kappa shape index (κ3) is 5.12. The first-order valence-electron chi connectivity index (χ1n) is 12.7. The van der Waals surface area contributed by atoms with Crippen molar-refractivity contribution in [1.82, 2.24) is 4.90 Å². The van der Waals surface area contributed by atoms with Crippen LogP contribution in [-0.4, -0.2) is 42.6 Å². The number of cyclic esters (lactones) is 1. The summed E-state index contributed by atoms with van der Waals surface area (Å²) in [5, 5.41) is 3.05. The minimum Gasteiger partial charge on any atom is -0.444 e. The van der Waals surface area contributed by atoms with Crippen LogP contribution >= 0.6 is 0 Å². The van der Waals surface area contributed by atoms with Crippen molar-refractivity contribution in [3.8, 4) is 0 Å². The Balaban J connectivity index is 1.12. The molecule has 0 spiro atoms. The fourth-order valence-corrected chi connectivity index (χ4v) is 5.73. The van der Waals surface area contributed by atoms with Gasteiger partial charge in [0.15, 0.2) is 0 Å². The molecule has 1 N–H and O–H groups in total. The van der Waals surface area contributed by atoms with E-state index >= 15 is 0 Å². The van der Waals surface area contributed by atoms with E-state index in [0.29, 0.717) is 19.1 Å². The van der Waals surface area contributed by atoms with Gasteiger partial charge in [0, 0.05) is 30.4 Å². The summed E-state index contributed by atoms with van der Waals surface area (Å²) in [6.07, 6.45) is 7.96. The average Bonchev–Trinajstić information content (AvgIpc) is 2.86. The minimum absolute atomic E-state index is 0.0158. The molecule has 5 rings (SSSR count). The van der Waals surface area contributed by atoms with Gasteiger partial charge in [-0.15, -0.1) is 0 Å². The monoisotopic (exact) mass is 461 g/mol. The van der Waals surface area contributed by atoms with Crippen LogP contribution in [0.1, 0.15) is 67.6 Å². The molecule has 6 heteroatoms. The molecule has 1 aliphatic carbocycles. The lowest BCUT2D eigenvalue weighted by molar-refractivity contribution is -0.117. The summed E-state index contributed by atoms with van der Waals surface area (Å²) in [4.78, 5) is 29.2. The first-order chi connectivity index (χ1) is 16.6. The summed E-state index contributed by atoms with van der Waals surface area (Å²) in [6.45, 7) is 4.33. The Kier molecular flexibility index (Phi) is 6.86. The fourth-order valence-electron chi connectivity index (χ4n) is 5.73. The van der Waals surface area contributed by atoms with Gasteiger partial charge in [0.1, 0.15) is 6.61 Å². The molecule has 2 aliphatic heterocycles. The van der Waals surface area contributed by atoms with Crippen LogP contribution in [0.4, 0.5) is 16.2 Å². The lowest BCUT2D eigenvalue weighted by Gasteiger charge is -2.40. The smallest absolute Gasteiger partial charge is 0.414 e. The normalized spacial score (nSPS) is 20.0. The standard InChI is InChI=1S/C28H35N3O3/c1-20-7-12-26-23(17-20)19-34-28(33)31(26)25-13-15-30(16-14-25)18-27(32)29-24-10-8-22(9-11-24)21-5-3-2-4-6-21/h7-12,17,21,25H,2-6,13-16,18-19H2,1H3,(H,29,32). The summed E-state index contributed by atoms with van der Waals surface area (Å²) >= 11 is 0. The van der Waals surface area contributed by atoms with Gasteiger partial charge in [-0.1, -0.05) is 49.1 Å². The number of rotatable bonds is 5. The molecular weight excluding hydrogens is 426 g/mol. The van der Waals surface area contributed by atoms with Gasteiger partial charge in [-0.3, -0.25) is 14.6 Å². The summed E-state index contributed by atoms with van der Waals surface area (Å²) in [6, 6.07) is 14.7. The number of fused-ring (bicyclic) bond motifs is 1. The van der Waals surface area contributed by atoms with E-state index in [1.807, 2.05) is 29.2 Å². The second-order valence-electron chi connectivity index (χ2n) is 10.1. The van der Waals surface area contributed by atoms with Crippen LogP contribution in [-0.2, 0) is 16.1 Å². The molecule has 0 aromatic heterocycles. The van der Waals surface area contributed by atoms with Crippen LogP contribution in [0.3, 0.4) is 0 Å².